The predicted octanol–water partition coefficient (Wildman–Crippen LogP) is 2.14. The summed E-state index contributed by atoms with van der Waals surface area (Å²) in [5.74, 6) is -2.64. The number of hydrogen-bond donors (Lipinski definition) is 2. The largest absolute Gasteiger partial charge is 0.367 e. The number of urea groups is 2. The van der Waals surface area contributed by atoms with Crippen LogP contribution < -0.4 is 20.4 Å². The maximum Gasteiger partial charge on any atom is 0.335 e. The van der Waals surface area contributed by atoms with Gasteiger partial charge in [-0.15, -0.1) is 0 Å². The zero-order valence-electron chi connectivity index (χ0n) is 22.8. The van der Waals surface area contributed by atoms with Crippen molar-refractivity contribution in [1.29, 1.82) is 0 Å². The zero-order chi connectivity index (χ0) is 29.2. The number of benzene rings is 2. The smallest absolute Gasteiger partial charge is 0.335 e. The Balaban J connectivity index is 1.33. The van der Waals surface area contributed by atoms with Gasteiger partial charge in [-0.2, -0.15) is 0 Å². The highest BCUT2D eigenvalue weighted by atomic mass is 16.2. The van der Waals surface area contributed by atoms with Crippen LogP contribution in [-0.2, 0) is 25.6 Å². The summed E-state index contributed by atoms with van der Waals surface area (Å²) in [4.78, 5) is 83.0. The third-order valence-electron chi connectivity index (χ3n) is 8.37. The van der Waals surface area contributed by atoms with Crippen molar-refractivity contribution in [3.8, 4) is 0 Å². The Morgan fingerprint density at radius 1 is 0.976 bits per heavy atom. The molecular weight excluding hydrogens is 528 g/mol. The van der Waals surface area contributed by atoms with Gasteiger partial charge < -0.3 is 10.2 Å². The third kappa shape index (κ3) is 3.81. The molecule has 0 radical (unpaired) electrons. The summed E-state index contributed by atoms with van der Waals surface area (Å²) in [5.41, 5.74) is 1.60. The van der Waals surface area contributed by atoms with Gasteiger partial charge in [0, 0.05) is 38.2 Å². The average molecular weight is 557 g/mol. The van der Waals surface area contributed by atoms with Crippen LogP contribution in [0, 0.1) is 12.3 Å². The number of amides is 8. The first-order valence-electron chi connectivity index (χ1n) is 13.3. The molecule has 4 heterocycles. The summed E-state index contributed by atoms with van der Waals surface area (Å²) < 4.78 is 0. The summed E-state index contributed by atoms with van der Waals surface area (Å²) in [7, 11) is 2.79. The molecule has 1 unspecified atom stereocenters. The van der Waals surface area contributed by atoms with E-state index >= 15 is 0 Å². The summed E-state index contributed by atoms with van der Waals surface area (Å²) in [6.45, 7) is 2.49. The lowest BCUT2D eigenvalue weighted by Gasteiger charge is -2.50. The van der Waals surface area contributed by atoms with Crippen LogP contribution in [0.5, 0.6) is 0 Å². The molecule has 8 amide bonds. The minimum atomic E-state index is -1.44. The molecule has 4 aliphatic heterocycles. The van der Waals surface area contributed by atoms with E-state index in [1.165, 1.54) is 20.3 Å². The van der Waals surface area contributed by atoms with Crippen molar-refractivity contribution < 1.29 is 28.8 Å². The summed E-state index contributed by atoms with van der Waals surface area (Å²) >= 11 is 0. The molecule has 1 spiro atoms. The first kappa shape index (κ1) is 26.2. The second-order valence-electron chi connectivity index (χ2n) is 10.8. The highest BCUT2D eigenvalue weighted by Gasteiger charge is 2.63. The SMILES string of the molecule is Cc1cccc(N2C(=O)NC(=O)/C(=C\Nc3ccc4c(c3)CC3(C(=O)N(C)C(=O)N(C)C3=O)C3CCCN43)C2=O)c1. The van der Waals surface area contributed by atoms with E-state index in [1.807, 2.05) is 19.1 Å². The number of anilines is 3. The molecule has 0 aromatic heterocycles. The van der Waals surface area contributed by atoms with Gasteiger partial charge in [0.05, 0.1) is 11.7 Å². The molecule has 2 aromatic carbocycles. The van der Waals surface area contributed by atoms with E-state index in [0.717, 1.165) is 37.9 Å². The monoisotopic (exact) mass is 556 g/mol. The lowest BCUT2D eigenvalue weighted by atomic mass is 9.68. The van der Waals surface area contributed by atoms with E-state index in [-0.39, 0.29) is 18.0 Å². The van der Waals surface area contributed by atoms with Gasteiger partial charge in [-0.25, -0.2) is 14.5 Å². The molecule has 0 saturated carbocycles. The maximum absolute atomic E-state index is 13.6. The molecule has 41 heavy (non-hydrogen) atoms. The number of rotatable bonds is 3. The number of barbiturate groups is 2. The van der Waals surface area contributed by atoms with Crippen molar-refractivity contribution in [2.24, 2.45) is 5.41 Å². The van der Waals surface area contributed by atoms with Gasteiger partial charge in [0.15, 0.2) is 5.41 Å². The second-order valence-corrected chi connectivity index (χ2v) is 10.8. The molecule has 210 valence electrons. The number of nitrogens with zero attached hydrogens (tertiary/aromatic N) is 4. The Morgan fingerprint density at radius 2 is 1.71 bits per heavy atom. The first-order chi connectivity index (χ1) is 19.5. The molecule has 3 fully saturated rings. The molecule has 2 N–H and O–H groups in total. The fraction of sp³-hybridized carbons (Fsp3) is 0.310. The minimum Gasteiger partial charge on any atom is -0.367 e. The standard InChI is InChI=1S/C29H28N6O6/c1-16-6-4-7-19(12-16)35-24(37)20(23(36)31-27(35)40)15-30-18-9-10-21-17(13-18)14-29(22-8-5-11-34(21)22)25(38)32(2)28(41)33(3)26(29)39/h4,6-7,9-10,12-13,15,22,30H,5,8,11,14H2,1-3H3,(H,31,36,40)/b20-15+. The fourth-order valence-corrected chi connectivity index (χ4v) is 6.42. The van der Waals surface area contributed by atoms with E-state index in [9.17, 15) is 28.8 Å². The first-order valence-corrected chi connectivity index (χ1v) is 13.3. The summed E-state index contributed by atoms with van der Waals surface area (Å²) in [6.07, 6.45) is 2.78. The second kappa shape index (κ2) is 9.29. The van der Waals surface area contributed by atoms with E-state index in [4.69, 9.17) is 0 Å². The Morgan fingerprint density at radius 3 is 2.41 bits per heavy atom. The van der Waals surface area contributed by atoms with Crippen molar-refractivity contribution in [2.75, 3.05) is 35.8 Å². The van der Waals surface area contributed by atoms with Gasteiger partial charge in [-0.3, -0.25) is 34.3 Å². The number of imide groups is 4. The van der Waals surface area contributed by atoms with Gasteiger partial charge in [0.1, 0.15) is 5.57 Å². The Bertz CT molecular complexity index is 1570. The molecule has 2 aromatic rings. The van der Waals surface area contributed by atoms with Crippen LogP contribution in [0.1, 0.15) is 24.0 Å². The summed E-state index contributed by atoms with van der Waals surface area (Å²) in [6, 6.07) is 10.4. The van der Waals surface area contributed by atoms with Crippen molar-refractivity contribution >= 4 is 52.8 Å². The summed E-state index contributed by atoms with van der Waals surface area (Å²) in [5, 5.41) is 5.18. The minimum absolute atomic E-state index is 0.101. The van der Waals surface area contributed by atoms with Gasteiger partial charge in [0.25, 0.3) is 11.8 Å². The van der Waals surface area contributed by atoms with Gasteiger partial charge >= 0.3 is 12.1 Å². The van der Waals surface area contributed by atoms with Crippen molar-refractivity contribution in [3.63, 3.8) is 0 Å². The quantitative estimate of drug-likeness (QED) is 0.333. The number of fused-ring (bicyclic) bond motifs is 4. The molecule has 3 saturated heterocycles. The van der Waals surface area contributed by atoms with Crippen LogP contribution in [0.15, 0.2) is 54.2 Å². The van der Waals surface area contributed by atoms with E-state index < -0.39 is 41.1 Å². The lowest BCUT2D eigenvalue weighted by molar-refractivity contribution is -0.159. The van der Waals surface area contributed by atoms with Gasteiger partial charge in [0.2, 0.25) is 11.8 Å². The molecule has 1 atom stereocenters. The van der Waals surface area contributed by atoms with E-state index in [2.05, 4.69) is 15.5 Å². The normalized spacial score (nSPS) is 22.9. The van der Waals surface area contributed by atoms with E-state index in [1.54, 1.807) is 30.3 Å². The highest BCUT2D eigenvalue weighted by Crippen LogP contribution is 2.49. The van der Waals surface area contributed by atoms with Crippen LogP contribution in [0.4, 0.5) is 26.7 Å². The van der Waals surface area contributed by atoms with Gasteiger partial charge in [-0.1, -0.05) is 12.1 Å². The number of nitrogens with one attached hydrogen (secondary N) is 2. The van der Waals surface area contributed by atoms with Gasteiger partial charge in [-0.05, 0) is 67.6 Å². The van der Waals surface area contributed by atoms with Crippen LogP contribution in [-0.4, -0.2) is 72.2 Å². The zero-order valence-corrected chi connectivity index (χ0v) is 22.8. The molecule has 6 rings (SSSR count). The topological polar surface area (TPSA) is 139 Å². The Hall–Kier alpha value is -5.00. The molecule has 12 nitrogen and oxygen atoms in total. The number of aryl methyl sites for hydroxylation is 1. The van der Waals surface area contributed by atoms with Crippen LogP contribution in [0.2, 0.25) is 0 Å². The van der Waals surface area contributed by atoms with Crippen LogP contribution >= 0.6 is 0 Å². The van der Waals surface area contributed by atoms with Crippen LogP contribution in [0.25, 0.3) is 0 Å². The number of carbonyl (C=O) groups is 6. The van der Waals surface area contributed by atoms with Crippen molar-refractivity contribution in [1.82, 2.24) is 15.1 Å². The Labute approximate surface area is 235 Å². The molecule has 0 bridgehead atoms. The van der Waals surface area contributed by atoms with Crippen molar-refractivity contribution in [2.45, 2.75) is 32.2 Å². The fourth-order valence-electron chi connectivity index (χ4n) is 6.42. The van der Waals surface area contributed by atoms with Crippen molar-refractivity contribution in [3.05, 3.63) is 65.4 Å². The number of hydrogen-bond acceptors (Lipinski definition) is 8. The average Bonchev–Trinajstić information content (AvgIpc) is 3.44. The predicted molar refractivity (Wildman–Crippen MR) is 148 cm³/mol. The molecule has 0 aliphatic carbocycles. The van der Waals surface area contributed by atoms with Crippen LogP contribution in [0.3, 0.4) is 0 Å². The lowest BCUT2D eigenvalue weighted by Crippen LogP contribution is -2.70. The molecule has 4 aliphatic rings. The number of carbonyl (C=O) groups excluding carboxylic acids is 6. The maximum atomic E-state index is 13.6. The third-order valence-corrected chi connectivity index (χ3v) is 8.37. The van der Waals surface area contributed by atoms with E-state index in [0.29, 0.717) is 24.3 Å². The molecular formula is C29H28N6O6. The molecule has 12 heteroatoms. The Kier molecular flexibility index (Phi) is 5.94. The highest BCUT2D eigenvalue weighted by molar-refractivity contribution is 6.37.